The molecule has 1 aromatic rings. The van der Waals surface area contributed by atoms with E-state index in [1.165, 1.54) is 6.07 Å². The molecule has 0 aliphatic carbocycles. The van der Waals surface area contributed by atoms with Crippen LogP contribution in [0.4, 0.5) is 0 Å². The number of likely N-dealkylation sites (tertiary alicyclic amines) is 1. The van der Waals surface area contributed by atoms with Crippen molar-refractivity contribution in [3.63, 3.8) is 0 Å². The van der Waals surface area contributed by atoms with Crippen molar-refractivity contribution in [1.82, 2.24) is 10.2 Å². The van der Waals surface area contributed by atoms with Crippen molar-refractivity contribution in [2.75, 3.05) is 20.1 Å². The Labute approximate surface area is 130 Å². The number of aromatic hydroxyl groups is 1. The zero-order valence-electron chi connectivity index (χ0n) is 12.3. The maximum Gasteiger partial charge on any atom is 0.252 e. The van der Waals surface area contributed by atoms with Gasteiger partial charge in [-0.3, -0.25) is 4.79 Å². The van der Waals surface area contributed by atoms with Gasteiger partial charge < -0.3 is 21.1 Å². The SMILES string of the molecule is Cc1cc(C(=O)NC2(C(N)=S)CCN(C)CC2)ccc1O. The second-order valence-corrected chi connectivity index (χ2v) is 6.14. The van der Waals surface area contributed by atoms with Gasteiger partial charge in [0.2, 0.25) is 0 Å². The first kappa shape index (κ1) is 15.7. The van der Waals surface area contributed by atoms with E-state index in [-0.39, 0.29) is 11.7 Å². The molecule has 1 heterocycles. The van der Waals surface area contributed by atoms with Crippen LogP contribution in [0.2, 0.25) is 0 Å². The smallest absolute Gasteiger partial charge is 0.252 e. The fourth-order valence-corrected chi connectivity index (χ4v) is 2.77. The molecule has 0 saturated carbocycles. The molecule has 0 unspecified atom stereocenters. The molecule has 0 bridgehead atoms. The van der Waals surface area contributed by atoms with Gasteiger partial charge in [0.15, 0.2) is 0 Å². The Morgan fingerprint density at radius 3 is 2.57 bits per heavy atom. The molecule has 1 amide bonds. The van der Waals surface area contributed by atoms with Crippen LogP contribution in [0.25, 0.3) is 0 Å². The number of rotatable bonds is 3. The number of hydrogen-bond donors (Lipinski definition) is 3. The number of nitrogens with two attached hydrogens (primary N) is 1. The minimum absolute atomic E-state index is 0.176. The summed E-state index contributed by atoms with van der Waals surface area (Å²) >= 11 is 5.19. The Morgan fingerprint density at radius 2 is 2.05 bits per heavy atom. The van der Waals surface area contributed by atoms with Crippen LogP contribution in [0.5, 0.6) is 5.75 Å². The second-order valence-electron chi connectivity index (χ2n) is 5.71. The van der Waals surface area contributed by atoms with Crippen LogP contribution in [0.15, 0.2) is 18.2 Å². The number of piperidine rings is 1. The maximum atomic E-state index is 12.4. The molecule has 21 heavy (non-hydrogen) atoms. The van der Waals surface area contributed by atoms with Crippen molar-refractivity contribution in [3.8, 4) is 5.75 Å². The summed E-state index contributed by atoms with van der Waals surface area (Å²) in [6, 6.07) is 4.78. The number of hydrogen-bond acceptors (Lipinski definition) is 4. The Kier molecular flexibility index (Phi) is 4.49. The van der Waals surface area contributed by atoms with E-state index in [1.54, 1.807) is 19.1 Å². The number of phenols is 1. The second kappa shape index (κ2) is 5.99. The Balaban J connectivity index is 2.19. The number of carbonyl (C=O) groups is 1. The van der Waals surface area contributed by atoms with E-state index in [0.717, 1.165) is 13.1 Å². The molecule has 6 heteroatoms. The number of benzene rings is 1. The van der Waals surface area contributed by atoms with Gasteiger partial charge in [0, 0.05) is 18.7 Å². The molecular formula is C15H21N3O2S. The van der Waals surface area contributed by atoms with Crippen LogP contribution >= 0.6 is 12.2 Å². The lowest BCUT2D eigenvalue weighted by Gasteiger charge is -2.40. The first-order valence-corrected chi connectivity index (χ1v) is 7.35. The van der Waals surface area contributed by atoms with Crippen LogP contribution in [0, 0.1) is 6.92 Å². The summed E-state index contributed by atoms with van der Waals surface area (Å²) in [5, 5.41) is 12.5. The number of phenolic OH excluding ortho intramolecular Hbond substituents is 1. The maximum absolute atomic E-state index is 12.4. The molecule has 114 valence electrons. The van der Waals surface area contributed by atoms with E-state index in [1.807, 2.05) is 7.05 Å². The fraction of sp³-hybridized carbons (Fsp3) is 0.467. The van der Waals surface area contributed by atoms with Crippen LogP contribution in [-0.4, -0.2) is 46.6 Å². The topological polar surface area (TPSA) is 78.6 Å². The van der Waals surface area contributed by atoms with E-state index >= 15 is 0 Å². The average molecular weight is 307 g/mol. The number of nitrogens with one attached hydrogen (secondary N) is 1. The van der Waals surface area contributed by atoms with E-state index in [0.29, 0.717) is 29.0 Å². The standard InChI is InChI=1S/C15H21N3O2S/c1-10-9-11(3-4-12(10)19)13(20)17-15(14(16)21)5-7-18(2)8-6-15/h3-4,9,19H,5-8H2,1-2H3,(H2,16,21)(H,17,20). The Morgan fingerprint density at radius 1 is 1.43 bits per heavy atom. The molecule has 1 aromatic carbocycles. The third kappa shape index (κ3) is 3.33. The van der Waals surface area contributed by atoms with Crippen LogP contribution in [0.1, 0.15) is 28.8 Å². The van der Waals surface area contributed by atoms with Crippen molar-refractivity contribution in [2.45, 2.75) is 25.3 Å². The van der Waals surface area contributed by atoms with E-state index in [9.17, 15) is 9.90 Å². The van der Waals surface area contributed by atoms with Crippen molar-refractivity contribution >= 4 is 23.1 Å². The summed E-state index contributed by atoms with van der Waals surface area (Å²) in [5.41, 5.74) is 6.43. The molecule has 1 aliphatic rings. The summed E-state index contributed by atoms with van der Waals surface area (Å²) < 4.78 is 0. The van der Waals surface area contributed by atoms with Gasteiger partial charge in [0.25, 0.3) is 5.91 Å². The number of carbonyl (C=O) groups excluding carboxylic acids is 1. The van der Waals surface area contributed by atoms with Gasteiger partial charge in [0.05, 0.1) is 10.5 Å². The summed E-state index contributed by atoms with van der Waals surface area (Å²) in [5.74, 6) is -0.0367. The zero-order valence-corrected chi connectivity index (χ0v) is 13.2. The molecule has 0 radical (unpaired) electrons. The molecule has 1 fully saturated rings. The Hall–Kier alpha value is -1.66. The van der Waals surface area contributed by atoms with Crippen LogP contribution in [0.3, 0.4) is 0 Å². The number of thiocarbonyl (C=S) groups is 1. The fourth-order valence-electron chi connectivity index (χ4n) is 2.52. The third-order valence-electron chi connectivity index (χ3n) is 4.12. The molecule has 5 nitrogen and oxygen atoms in total. The van der Waals surface area contributed by atoms with Crippen molar-refractivity contribution < 1.29 is 9.90 Å². The summed E-state index contributed by atoms with van der Waals surface area (Å²) in [6.07, 6.45) is 1.42. The highest BCUT2D eigenvalue weighted by molar-refractivity contribution is 7.80. The molecule has 2 rings (SSSR count). The quantitative estimate of drug-likeness (QED) is 0.731. The molecule has 0 atom stereocenters. The van der Waals surface area contributed by atoms with Gasteiger partial charge in [-0.1, -0.05) is 12.2 Å². The minimum Gasteiger partial charge on any atom is -0.508 e. The van der Waals surface area contributed by atoms with Gasteiger partial charge in [-0.15, -0.1) is 0 Å². The van der Waals surface area contributed by atoms with Gasteiger partial charge in [-0.05, 0) is 50.6 Å². The van der Waals surface area contributed by atoms with Crippen molar-refractivity contribution in [3.05, 3.63) is 29.3 Å². The van der Waals surface area contributed by atoms with Crippen molar-refractivity contribution in [2.24, 2.45) is 5.73 Å². The Bertz CT molecular complexity index is 566. The minimum atomic E-state index is -0.620. The van der Waals surface area contributed by atoms with E-state index in [4.69, 9.17) is 18.0 Å². The highest BCUT2D eigenvalue weighted by Gasteiger charge is 2.38. The molecule has 1 aliphatic heterocycles. The predicted octanol–water partition coefficient (Wildman–Crippen LogP) is 1.18. The number of nitrogens with zero attached hydrogens (tertiary/aromatic N) is 1. The lowest BCUT2D eigenvalue weighted by atomic mass is 9.87. The first-order valence-electron chi connectivity index (χ1n) is 6.95. The predicted molar refractivity (Wildman–Crippen MR) is 86.6 cm³/mol. The van der Waals surface area contributed by atoms with Gasteiger partial charge in [-0.25, -0.2) is 0 Å². The van der Waals surface area contributed by atoms with Gasteiger partial charge >= 0.3 is 0 Å². The summed E-state index contributed by atoms with van der Waals surface area (Å²) in [4.78, 5) is 15.0. The lowest BCUT2D eigenvalue weighted by molar-refractivity contribution is 0.0890. The first-order chi connectivity index (χ1) is 9.84. The average Bonchev–Trinajstić information content (AvgIpc) is 2.44. The third-order valence-corrected chi connectivity index (χ3v) is 4.51. The lowest BCUT2D eigenvalue weighted by Crippen LogP contribution is -2.61. The van der Waals surface area contributed by atoms with Gasteiger partial charge in [0.1, 0.15) is 5.75 Å². The van der Waals surface area contributed by atoms with Gasteiger partial charge in [-0.2, -0.15) is 0 Å². The molecule has 0 aromatic heterocycles. The molecule has 1 saturated heterocycles. The van der Waals surface area contributed by atoms with Crippen LogP contribution < -0.4 is 11.1 Å². The monoisotopic (exact) mass is 307 g/mol. The zero-order chi connectivity index (χ0) is 15.6. The highest BCUT2D eigenvalue weighted by Crippen LogP contribution is 2.24. The molecular weight excluding hydrogens is 286 g/mol. The summed E-state index contributed by atoms with van der Waals surface area (Å²) in [7, 11) is 2.04. The van der Waals surface area contributed by atoms with E-state index < -0.39 is 5.54 Å². The summed E-state index contributed by atoms with van der Waals surface area (Å²) in [6.45, 7) is 3.43. The number of aryl methyl sites for hydroxylation is 1. The number of amides is 1. The molecule has 4 N–H and O–H groups in total. The molecule has 0 spiro atoms. The highest BCUT2D eigenvalue weighted by atomic mass is 32.1. The van der Waals surface area contributed by atoms with Crippen LogP contribution in [-0.2, 0) is 0 Å². The van der Waals surface area contributed by atoms with E-state index in [2.05, 4.69) is 10.2 Å². The normalized spacial score (nSPS) is 18.2. The largest absolute Gasteiger partial charge is 0.508 e. The van der Waals surface area contributed by atoms with Crippen molar-refractivity contribution in [1.29, 1.82) is 0 Å².